The van der Waals surface area contributed by atoms with E-state index < -0.39 is 17.2 Å². The molecule has 17 heavy (non-hydrogen) atoms. The first-order valence-electron chi connectivity index (χ1n) is 5.13. The highest BCUT2D eigenvalue weighted by molar-refractivity contribution is 5.73. The van der Waals surface area contributed by atoms with Crippen molar-refractivity contribution in [1.29, 1.82) is 0 Å². The number of rotatable bonds is 5. The van der Waals surface area contributed by atoms with Crippen molar-refractivity contribution < 1.29 is 9.90 Å². The van der Waals surface area contributed by atoms with Crippen molar-refractivity contribution >= 4 is 11.8 Å². The number of carbonyl (C=O) groups is 1. The van der Waals surface area contributed by atoms with Gasteiger partial charge in [0.25, 0.3) is 5.56 Å². The Kier molecular flexibility index (Phi) is 4.02. The largest absolute Gasteiger partial charge is 0.480 e. The lowest BCUT2D eigenvalue weighted by Gasteiger charge is -2.26. The number of carboxylic acids is 1. The van der Waals surface area contributed by atoms with Crippen LogP contribution in [0.4, 0.5) is 5.82 Å². The van der Waals surface area contributed by atoms with Gasteiger partial charge in [0.1, 0.15) is 6.54 Å². The molecule has 0 radical (unpaired) electrons. The van der Waals surface area contributed by atoms with Crippen LogP contribution in [0.3, 0.4) is 0 Å². The molecule has 0 saturated carbocycles. The fourth-order valence-corrected chi connectivity index (χ4v) is 1.34. The lowest BCUT2D eigenvalue weighted by atomic mass is 10.2. The average Bonchev–Trinajstić information content (AvgIpc) is 2.25. The van der Waals surface area contributed by atoms with Gasteiger partial charge < -0.3 is 10.0 Å². The summed E-state index contributed by atoms with van der Waals surface area (Å²) >= 11 is 0. The molecule has 3 N–H and O–H groups in total. The highest BCUT2D eigenvalue weighted by atomic mass is 16.4. The molecule has 1 unspecified atom stereocenters. The normalized spacial score (nSPS) is 12.1. The number of H-pyrrole nitrogens is 2. The quantitative estimate of drug-likeness (QED) is 0.618. The number of nitrogens with one attached hydrogen (secondary N) is 2. The number of aliphatic carboxylic acids is 1. The van der Waals surface area contributed by atoms with Crippen LogP contribution >= 0.6 is 0 Å². The van der Waals surface area contributed by atoms with Crippen LogP contribution in [0.1, 0.15) is 20.3 Å². The van der Waals surface area contributed by atoms with Gasteiger partial charge in [-0.3, -0.25) is 14.6 Å². The predicted molar refractivity (Wildman–Crippen MR) is 60.2 cm³/mol. The van der Waals surface area contributed by atoms with E-state index in [1.807, 2.05) is 11.9 Å². The summed E-state index contributed by atoms with van der Waals surface area (Å²) in [6, 6.07) is -0.175. The van der Waals surface area contributed by atoms with E-state index in [0.717, 1.165) is 0 Å². The molecule has 1 aromatic heterocycles. The van der Waals surface area contributed by atoms with Crippen molar-refractivity contribution in [2.45, 2.75) is 26.3 Å². The third-order valence-corrected chi connectivity index (χ3v) is 2.39. The molecule has 0 spiro atoms. The first kappa shape index (κ1) is 12.9. The molecular weight excluding hydrogens is 228 g/mol. The van der Waals surface area contributed by atoms with Gasteiger partial charge in [-0.1, -0.05) is 6.92 Å². The van der Waals surface area contributed by atoms with Crippen LogP contribution in [-0.4, -0.2) is 38.8 Å². The molecule has 1 atom stereocenters. The van der Waals surface area contributed by atoms with Gasteiger partial charge in [0.15, 0.2) is 0 Å². The maximum absolute atomic E-state index is 11.5. The van der Waals surface area contributed by atoms with Crippen molar-refractivity contribution in [2.75, 3.05) is 11.4 Å². The Balaban J connectivity index is 3.16. The highest BCUT2D eigenvalue weighted by Crippen LogP contribution is 2.09. The van der Waals surface area contributed by atoms with Gasteiger partial charge in [-0.05, 0) is 13.3 Å². The van der Waals surface area contributed by atoms with Gasteiger partial charge in [0.05, 0.1) is 0 Å². The summed E-state index contributed by atoms with van der Waals surface area (Å²) in [7, 11) is 0. The zero-order chi connectivity index (χ0) is 13.0. The second kappa shape index (κ2) is 5.28. The summed E-state index contributed by atoms with van der Waals surface area (Å²) in [5.74, 6) is -1.17. The first-order valence-corrected chi connectivity index (χ1v) is 5.13. The van der Waals surface area contributed by atoms with Gasteiger partial charge in [0, 0.05) is 6.04 Å². The number of aromatic nitrogens is 3. The maximum Gasteiger partial charge on any atom is 0.342 e. The summed E-state index contributed by atoms with van der Waals surface area (Å²) in [4.78, 5) is 36.4. The number of hydrogen-bond acceptors (Lipinski definition) is 5. The van der Waals surface area contributed by atoms with Crippen LogP contribution < -0.4 is 16.1 Å². The number of nitrogens with zero attached hydrogens (tertiary/aromatic N) is 2. The lowest BCUT2D eigenvalue weighted by molar-refractivity contribution is -0.135. The van der Waals surface area contributed by atoms with E-state index in [1.165, 1.54) is 4.90 Å². The second-order valence-corrected chi connectivity index (χ2v) is 3.61. The fourth-order valence-electron chi connectivity index (χ4n) is 1.34. The highest BCUT2D eigenvalue weighted by Gasteiger charge is 2.20. The molecule has 0 amide bonds. The zero-order valence-electron chi connectivity index (χ0n) is 9.56. The maximum atomic E-state index is 11.5. The molecule has 0 bridgehead atoms. The Morgan fingerprint density at radius 2 is 2.18 bits per heavy atom. The summed E-state index contributed by atoms with van der Waals surface area (Å²) < 4.78 is 0. The van der Waals surface area contributed by atoms with Crippen LogP contribution in [0, 0.1) is 0 Å². The monoisotopic (exact) mass is 242 g/mol. The van der Waals surface area contributed by atoms with E-state index in [1.54, 1.807) is 6.92 Å². The van der Waals surface area contributed by atoms with Crippen molar-refractivity contribution in [3.8, 4) is 0 Å². The van der Waals surface area contributed by atoms with Crippen LogP contribution in [0.2, 0.25) is 0 Å². The number of carboxylic acid groups (broad SMARTS) is 1. The Labute approximate surface area is 96.3 Å². The van der Waals surface area contributed by atoms with Gasteiger partial charge in [-0.25, -0.2) is 9.89 Å². The van der Waals surface area contributed by atoms with E-state index in [-0.39, 0.29) is 18.4 Å². The Hall–Kier alpha value is -2.12. The van der Waals surface area contributed by atoms with Gasteiger partial charge >= 0.3 is 11.7 Å². The van der Waals surface area contributed by atoms with E-state index >= 15 is 0 Å². The summed E-state index contributed by atoms with van der Waals surface area (Å²) in [5.41, 5.74) is -1.42. The van der Waals surface area contributed by atoms with Crippen LogP contribution in [0.5, 0.6) is 0 Å². The summed E-state index contributed by atoms with van der Waals surface area (Å²) in [5, 5.41) is 14.4. The van der Waals surface area contributed by atoms with E-state index in [0.29, 0.717) is 6.42 Å². The topological polar surface area (TPSA) is 119 Å². The van der Waals surface area contributed by atoms with Crippen LogP contribution in [-0.2, 0) is 4.79 Å². The minimum atomic E-state index is -1.07. The molecule has 94 valence electrons. The molecule has 0 aliphatic carbocycles. The van der Waals surface area contributed by atoms with E-state index in [4.69, 9.17) is 5.11 Å². The fraction of sp³-hybridized carbons (Fsp3) is 0.556. The Bertz CT molecular complexity index is 506. The molecule has 0 fully saturated rings. The van der Waals surface area contributed by atoms with Crippen molar-refractivity contribution in [3.63, 3.8) is 0 Å². The second-order valence-electron chi connectivity index (χ2n) is 3.61. The predicted octanol–water partition coefficient (Wildman–Crippen LogP) is -0.852. The average molecular weight is 242 g/mol. The standard InChI is InChI=1S/C9H14N4O4/c1-3-5(2)13(4-6(14)15)7-8(16)10-9(17)12-11-7/h5H,3-4H2,1-2H3,(H,14,15)(H2,10,12,16,17). The van der Waals surface area contributed by atoms with Crippen molar-refractivity contribution in [2.24, 2.45) is 0 Å². The third kappa shape index (κ3) is 3.16. The van der Waals surface area contributed by atoms with Gasteiger partial charge in [-0.15, -0.1) is 5.10 Å². The number of anilines is 1. The van der Waals surface area contributed by atoms with Crippen LogP contribution in [0.25, 0.3) is 0 Å². The molecule has 8 nitrogen and oxygen atoms in total. The minimum absolute atomic E-state index is 0.0960. The zero-order valence-corrected chi connectivity index (χ0v) is 9.56. The molecule has 1 heterocycles. The Morgan fingerprint density at radius 3 is 2.65 bits per heavy atom. The Morgan fingerprint density at radius 1 is 1.53 bits per heavy atom. The van der Waals surface area contributed by atoms with Gasteiger partial charge in [-0.2, -0.15) is 0 Å². The number of aromatic amines is 2. The third-order valence-electron chi connectivity index (χ3n) is 2.39. The van der Waals surface area contributed by atoms with Gasteiger partial charge in [0.2, 0.25) is 5.82 Å². The summed E-state index contributed by atoms with van der Waals surface area (Å²) in [6.07, 6.45) is 0.646. The smallest absolute Gasteiger partial charge is 0.342 e. The minimum Gasteiger partial charge on any atom is -0.480 e. The molecular formula is C9H14N4O4. The molecule has 0 aliphatic rings. The molecule has 8 heteroatoms. The van der Waals surface area contributed by atoms with E-state index in [9.17, 15) is 14.4 Å². The molecule has 0 aliphatic heterocycles. The molecule has 1 rings (SSSR count). The number of hydrogen-bond donors (Lipinski definition) is 3. The summed E-state index contributed by atoms with van der Waals surface area (Å²) in [6.45, 7) is 3.28. The first-order chi connectivity index (χ1) is 7.95. The molecule has 0 saturated heterocycles. The molecule has 1 aromatic rings. The van der Waals surface area contributed by atoms with Crippen molar-refractivity contribution in [3.05, 3.63) is 20.8 Å². The van der Waals surface area contributed by atoms with Crippen LogP contribution in [0.15, 0.2) is 9.59 Å². The van der Waals surface area contributed by atoms with Crippen molar-refractivity contribution in [1.82, 2.24) is 15.2 Å². The van der Waals surface area contributed by atoms with E-state index in [2.05, 4.69) is 10.2 Å². The molecule has 0 aromatic carbocycles. The lowest BCUT2D eigenvalue weighted by Crippen LogP contribution is -2.42. The SMILES string of the molecule is CCC(C)N(CC(=O)O)c1n[nH]c(=O)[nH]c1=O.